The van der Waals surface area contributed by atoms with Crippen LogP contribution in [0.2, 0.25) is 0 Å². The normalized spacial score (nSPS) is 11.1. The molecule has 0 bridgehead atoms. The summed E-state index contributed by atoms with van der Waals surface area (Å²) in [4.78, 5) is 20.5. The van der Waals surface area contributed by atoms with E-state index in [-0.39, 0.29) is 5.91 Å². The molecule has 2 rings (SSSR count). The largest absolute Gasteiger partial charge is 0.325 e. The van der Waals surface area contributed by atoms with Crippen molar-refractivity contribution in [2.45, 2.75) is 20.8 Å². The predicted molar refractivity (Wildman–Crippen MR) is 75.6 cm³/mol. The standard InChI is InChI=1S/C15H17N3O/c1-15(2,3)14(19)18-12-8-5-4-7-11(12)13-16-9-6-10-17-13/h4-10H,1-3H3,(H,18,19). The third-order valence-corrected chi connectivity index (χ3v) is 2.66. The van der Waals surface area contributed by atoms with Crippen molar-refractivity contribution in [3.63, 3.8) is 0 Å². The molecule has 0 atom stereocenters. The first kappa shape index (κ1) is 13.2. The molecule has 1 N–H and O–H groups in total. The second kappa shape index (κ2) is 5.18. The van der Waals surface area contributed by atoms with E-state index in [2.05, 4.69) is 15.3 Å². The van der Waals surface area contributed by atoms with Crippen LogP contribution < -0.4 is 5.32 Å². The fourth-order valence-electron chi connectivity index (χ4n) is 1.54. The van der Waals surface area contributed by atoms with Gasteiger partial charge in [-0.1, -0.05) is 32.9 Å². The Kier molecular flexibility index (Phi) is 3.60. The number of rotatable bonds is 2. The maximum Gasteiger partial charge on any atom is 0.229 e. The summed E-state index contributed by atoms with van der Waals surface area (Å²) in [6.45, 7) is 5.64. The molecule has 0 aliphatic carbocycles. The van der Waals surface area contributed by atoms with E-state index in [0.717, 1.165) is 11.3 Å². The predicted octanol–water partition coefficient (Wildman–Crippen LogP) is 3.13. The van der Waals surface area contributed by atoms with Gasteiger partial charge >= 0.3 is 0 Å². The molecule has 0 aliphatic rings. The van der Waals surface area contributed by atoms with Gasteiger partial charge in [0.05, 0.1) is 5.69 Å². The summed E-state index contributed by atoms with van der Waals surface area (Å²) < 4.78 is 0. The van der Waals surface area contributed by atoms with Crippen LogP contribution in [0.4, 0.5) is 5.69 Å². The zero-order valence-electron chi connectivity index (χ0n) is 11.3. The van der Waals surface area contributed by atoms with Crippen molar-refractivity contribution >= 4 is 11.6 Å². The number of carbonyl (C=O) groups is 1. The van der Waals surface area contributed by atoms with Gasteiger partial charge in [-0.3, -0.25) is 4.79 Å². The number of amides is 1. The Morgan fingerprint density at radius 3 is 2.32 bits per heavy atom. The molecule has 0 fully saturated rings. The van der Waals surface area contributed by atoms with Crippen molar-refractivity contribution in [2.24, 2.45) is 5.41 Å². The lowest BCUT2D eigenvalue weighted by Crippen LogP contribution is -2.27. The number of para-hydroxylation sites is 1. The van der Waals surface area contributed by atoms with Gasteiger partial charge in [-0.2, -0.15) is 0 Å². The SMILES string of the molecule is CC(C)(C)C(=O)Nc1ccccc1-c1ncccn1. The van der Waals surface area contributed by atoms with Crippen LogP contribution in [0.3, 0.4) is 0 Å². The van der Waals surface area contributed by atoms with Crippen LogP contribution in [0.15, 0.2) is 42.7 Å². The third kappa shape index (κ3) is 3.16. The van der Waals surface area contributed by atoms with Crippen molar-refractivity contribution in [3.05, 3.63) is 42.7 Å². The molecule has 4 heteroatoms. The Morgan fingerprint density at radius 2 is 1.68 bits per heavy atom. The average Bonchev–Trinajstić information content (AvgIpc) is 2.39. The van der Waals surface area contributed by atoms with Crippen LogP contribution in [-0.4, -0.2) is 15.9 Å². The molecule has 1 aromatic carbocycles. The van der Waals surface area contributed by atoms with Crippen molar-refractivity contribution in [2.75, 3.05) is 5.32 Å². The Hall–Kier alpha value is -2.23. The lowest BCUT2D eigenvalue weighted by atomic mass is 9.95. The Labute approximate surface area is 112 Å². The summed E-state index contributed by atoms with van der Waals surface area (Å²) in [7, 11) is 0. The van der Waals surface area contributed by atoms with Crippen LogP contribution in [0, 0.1) is 5.41 Å². The quantitative estimate of drug-likeness (QED) is 0.897. The summed E-state index contributed by atoms with van der Waals surface area (Å²) in [5.74, 6) is 0.572. The molecule has 0 spiro atoms. The molecule has 0 aliphatic heterocycles. The number of nitrogens with zero attached hydrogens (tertiary/aromatic N) is 2. The number of nitrogens with one attached hydrogen (secondary N) is 1. The van der Waals surface area contributed by atoms with Gasteiger partial charge in [0.15, 0.2) is 5.82 Å². The fraction of sp³-hybridized carbons (Fsp3) is 0.267. The molecule has 4 nitrogen and oxygen atoms in total. The fourth-order valence-corrected chi connectivity index (χ4v) is 1.54. The highest BCUT2D eigenvalue weighted by Crippen LogP contribution is 2.26. The minimum absolute atomic E-state index is 0.0316. The van der Waals surface area contributed by atoms with Gasteiger partial charge in [0, 0.05) is 23.4 Å². The summed E-state index contributed by atoms with van der Waals surface area (Å²) in [6.07, 6.45) is 3.37. The maximum atomic E-state index is 12.1. The first-order valence-corrected chi connectivity index (χ1v) is 6.16. The molecule has 1 aromatic heterocycles. The van der Waals surface area contributed by atoms with E-state index in [0.29, 0.717) is 5.82 Å². The Bertz CT molecular complexity index is 573. The van der Waals surface area contributed by atoms with Crippen LogP contribution in [0.5, 0.6) is 0 Å². The lowest BCUT2D eigenvalue weighted by Gasteiger charge is -2.19. The van der Waals surface area contributed by atoms with Gasteiger partial charge in [0.1, 0.15) is 0 Å². The molecule has 98 valence electrons. The second-order valence-electron chi connectivity index (χ2n) is 5.32. The van der Waals surface area contributed by atoms with Crippen molar-refractivity contribution in [3.8, 4) is 11.4 Å². The maximum absolute atomic E-state index is 12.1. The molecule has 1 amide bonds. The number of anilines is 1. The lowest BCUT2D eigenvalue weighted by molar-refractivity contribution is -0.123. The number of hydrogen-bond acceptors (Lipinski definition) is 3. The van der Waals surface area contributed by atoms with Crippen LogP contribution in [0.25, 0.3) is 11.4 Å². The van der Waals surface area contributed by atoms with Gasteiger partial charge in [-0.15, -0.1) is 0 Å². The summed E-state index contributed by atoms with van der Waals surface area (Å²) in [5.41, 5.74) is 1.11. The Morgan fingerprint density at radius 1 is 1.05 bits per heavy atom. The molecule has 2 aromatic rings. The first-order valence-electron chi connectivity index (χ1n) is 6.16. The summed E-state index contributed by atoms with van der Waals surface area (Å²) in [6, 6.07) is 9.30. The minimum atomic E-state index is -0.440. The first-order chi connectivity index (χ1) is 8.98. The van der Waals surface area contributed by atoms with Gasteiger partial charge in [0.2, 0.25) is 5.91 Å². The summed E-state index contributed by atoms with van der Waals surface area (Å²) >= 11 is 0. The highest BCUT2D eigenvalue weighted by molar-refractivity contribution is 5.97. The third-order valence-electron chi connectivity index (χ3n) is 2.66. The molecule has 0 radical (unpaired) electrons. The van der Waals surface area contributed by atoms with E-state index in [4.69, 9.17) is 0 Å². The van der Waals surface area contributed by atoms with E-state index >= 15 is 0 Å². The topological polar surface area (TPSA) is 54.9 Å². The smallest absolute Gasteiger partial charge is 0.229 e. The van der Waals surface area contributed by atoms with E-state index in [1.807, 2.05) is 45.0 Å². The monoisotopic (exact) mass is 255 g/mol. The van der Waals surface area contributed by atoms with E-state index in [1.54, 1.807) is 18.5 Å². The minimum Gasteiger partial charge on any atom is -0.325 e. The second-order valence-corrected chi connectivity index (χ2v) is 5.32. The van der Waals surface area contributed by atoms with Crippen molar-refractivity contribution in [1.82, 2.24) is 9.97 Å². The van der Waals surface area contributed by atoms with Crippen molar-refractivity contribution < 1.29 is 4.79 Å². The van der Waals surface area contributed by atoms with Gasteiger partial charge < -0.3 is 5.32 Å². The zero-order chi connectivity index (χ0) is 13.9. The zero-order valence-corrected chi connectivity index (χ0v) is 11.3. The number of benzene rings is 1. The number of hydrogen-bond donors (Lipinski definition) is 1. The van der Waals surface area contributed by atoms with Crippen LogP contribution in [-0.2, 0) is 4.79 Å². The van der Waals surface area contributed by atoms with Gasteiger partial charge in [-0.05, 0) is 18.2 Å². The average molecular weight is 255 g/mol. The van der Waals surface area contributed by atoms with Gasteiger partial charge in [0.25, 0.3) is 0 Å². The summed E-state index contributed by atoms with van der Waals surface area (Å²) in [5, 5.41) is 2.93. The molecule has 0 saturated carbocycles. The van der Waals surface area contributed by atoms with Crippen molar-refractivity contribution in [1.29, 1.82) is 0 Å². The molecular formula is C15H17N3O. The van der Waals surface area contributed by atoms with Crippen LogP contribution >= 0.6 is 0 Å². The molecule has 19 heavy (non-hydrogen) atoms. The highest BCUT2D eigenvalue weighted by atomic mass is 16.2. The number of aromatic nitrogens is 2. The Balaban J connectivity index is 2.35. The van der Waals surface area contributed by atoms with E-state index in [9.17, 15) is 4.79 Å². The molecule has 0 saturated heterocycles. The highest BCUT2D eigenvalue weighted by Gasteiger charge is 2.22. The molecular weight excluding hydrogens is 238 g/mol. The number of carbonyl (C=O) groups excluding carboxylic acids is 1. The van der Waals surface area contributed by atoms with Gasteiger partial charge in [-0.25, -0.2) is 9.97 Å². The van der Waals surface area contributed by atoms with E-state index in [1.165, 1.54) is 0 Å². The van der Waals surface area contributed by atoms with E-state index < -0.39 is 5.41 Å². The van der Waals surface area contributed by atoms with Crippen LogP contribution in [0.1, 0.15) is 20.8 Å². The molecule has 1 heterocycles. The molecule has 0 unspecified atom stereocenters.